The van der Waals surface area contributed by atoms with E-state index in [-0.39, 0.29) is 34.2 Å². The molecule has 34 heavy (non-hydrogen) atoms. The summed E-state index contributed by atoms with van der Waals surface area (Å²) in [6.07, 6.45) is 2.24. The number of hydrogen-bond acceptors (Lipinski definition) is 4. The average Bonchev–Trinajstić information content (AvgIpc) is 2.79. The molecule has 0 radical (unpaired) electrons. The minimum atomic E-state index is -3.88. The van der Waals surface area contributed by atoms with E-state index in [1.807, 2.05) is 44.2 Å². The van der Waals surface area contributed by atoms with Crippen LogP contribution in [0.15, 0.2) is 48.5 Å². The highest BCUT2D eigenvalue weighted by atomic mass is 35.5. The molecule has 0 fully saturated rings. The van der Waals surface area contributed by atoms with E-state index in [1.165, 1.54) is 17.0 Å². The van der Waals surface area contributed by atoms with Crippen molar-refractivity contribution in [3.05, 3.63) is 64.1 Å². The molecule has 0 aliphatic rings. The number of anilines is 1. The number of amides is 2. The second-order valence-corrected chi connectivity index (χ2v) is 10.9. The normalized spacial score (nSPS) is 13.1. The van der Waals surface area contributed by atoms with Crippen molar-refractivity contribution in [2.45, 2.75) is 45.7 Å². The van der Waals surface area contributed by atoms with Gasteiger partial charge < -0.3 is 10.2 Å². The van der Waals surface area contributed by atoms with Crippen molar-refractivity contribution in [3.8, 4) is 0 Å². The van der Waals surface area contributed by atoms with Crippen molar-refractivity contribution in [1.82, 2.24) is 10.2 Å². The number of benzene rings is 2. The first-order valence-corrected chi connectivity index (χ1v) is 13.6. The van der Waals surface area contributed by atoms with Crippen molar-refractivity contribution in [2.75, 3.05) is 23.7 Å². The lowest BCUT2D eigenvalue weighted by molar-refractivity contribution is -0.139. The Balaban J connectivity index is 2.35. The average molecular weight is 529 g/mol. The number of nitrogens with one attached hydrogen (secondary N) is 1. The van der Waals surface area contributed by atoms with Gasteiger partial charge in [0.15, 0.2) is 0 Å². The molecule has 2 aromatic carbocycles. The molecular formula is C24H31Cl2N3O4S. The number of sulfonamides is 1. The maximum Gasteiger partial charge on any atom is 0.244 e. The lowest BCUT2D eigenvalue weighted by Crippen LogP contribution is -2.53. The van der Waals surface area contributed by atoms with Gasteiger partial charge in [0.25, 0.3) is 0 Å². The van der Waals surface area contributed by atoms with Crippen molar-refractivity contribution in [1.29, 1.82) is 0 Å². The standard InChI is InChI=1S/C24H31Cl2N3O4S/c1-5-17(2)27-24(31)18(3)28(15-14-19-10-7-6-8-11-19)22(30)16-29(34(4,32)33)21-13-9-12-20(25)23(21)26/h6-13,17-18H,5,14-16H2,1-4H3,(H,27,31)/t17-,18+/m1/s1. The highest BCUT2D eigenvalue weighted by Gasteiger charge is 2.31. The van der Waals surface area contributed by atoms with Gasteiger partial charge in [-0.25, -0.2) is 8.42 Å². The van der Waals surface area contributed by atoms with Crippen LogP contribution in [0.3, 0.4) is 0 Å². The maximum atomic E-state index is 13.5. The zero-order chi connectivity index (χ0) is 25.5. The molecule has 2 atom stereocenters. The Labute approximate surface area is 212 Å². The zero-order valence-electron chi connectivity index (χ0n) is 19.8. The smallest absolute Gasteiger partial charge is 0.244 e. The lowest BCUT2D eigenvalue weighted by atomic mass is 10.1. The monoisotopic (exact) mass is 527 g/mol. The fraction of sp³-hybridized carbons (Fsp3) is 0.417. The number of rotatable bonds is 11. The van der Waals surface area contributed by atoms with Crippen LogP contribution in [-0.4, -0.2) is 56.6 Å². The Morgan fingerprint density at radius 2 is 1.68 bits per heavy atom. The number of nitrogens with zero attached hydrogens (tertiary/aromatic N) is 2. The van der Waals surface area contributed by atoms with Gasteiger partial charge in [-0.1, -0.05) is 66.5 Å². The molecule has 0 spiro atoms. The predicted molar refractivity (Wildman–Crippen MR) is 138 cm³/mol. The highest BCUT2D eigenvalue weighted by molar-refractivity contribution is 7.92. The molecule has 7 nitrogen and oxygen atoms in total. The Morgan fingerprint density at radius 3 is 2.26 bits per heavy atom. The van der Waals surface area contributed by atoms with Gasteiger partial charge in [-0.15, -0.1) is 0 Å². The van der Waals surface area contributed by atoms with Gasteiger partial charge in [0.1, 0.15) is 12.6 Å². The van der Waals surface area contributed by atoms with Gasteiger partial charge in [0.05, 0.1) is 22.0 Å². The quantitative estimate of drug-likeness (QED) is 0.475. The van der Waals surface area contributed by atoms with Crippen LogP contribution in [0, 0.1) is 0 Å². The summed E-state index contributed by atoms with van der Waals surface area (Å²) in [6.45, 7) is 5.19. The molecular weight excluding hydrogens is 497 g/mol. The largest absolute Gasteiger partial charge is 0.352 e. The van der Waals surface area contributed by atoms with Crippen LogP contribution in [0.4, 0.5) is 5.69 Å². The molecule has 0 aliphatic heterocycles. The summed E-state index contributed by atoms with van der Waals surface area (Å²) >= 11 is 12.3. The lowest BCUT2D eigenvalue weighted by Gasteiger charge is -2.32. The van der Waals surface area contributed by atoms with E-state index >= 15 is 0 Å². The summed E-state index contributed by atoms with van der Waals surface area (Å²) in [5.41, 5.74) is 1.09. The van der Waals surface area contributed by atoms with Crippen LogP contribution in [0.5, 0.6) is 0 Å². The zero-order valence-corrected chi connectivity index (χ0v) is 22.1. The Morgan fingerprint density at radius 1 is 1.03 bits per heavy atom. The van der Waals surface area contributed by atoms with Gasteiger partial charge in [-0.3, -0.25) is 13.9 Å². The summed E-state index contributed by atoms with van der Waals surface area (Å²) in [4.78, 5) is 27.7. The molecule has 1 N–H and O–H groups in total. The molecule has 0 aliphatic carbocycles. The fourth-order valence-corrected chi connectivity index (χ4v) is 4.62. The second kappa shape index (κ2) is 12.4. The van der Waals surface area contributed by atoms with Crippen LogP contribution in [-0.2, 0) is 26.0 Å². The third-order valence-electron chi connectivity index (χ3n) is 5.53. The summed E-state index contributed by atoms with van der Waals surface area (Å²) in [5.74, 6) is -0.827. The molecule has 0 saturated carbocycles. The molecule has 0 unspecified atom stereocenters. The first-order chi connectivity index (χ1) is 16.0. The molecule has 10 heteroatoms. The Hall–Kier alpha value is -2.29. The minimum Gasteiger partial charge on any atom is -0.352 e. The Kier molecular flexibility index (Phi) is 10.2. The van der Waals surface area contributed by atoms with Gasteiger partial charge in [-0.05, 0) is 44.4 Å². The van der Waals surface area contributed by atoms with E-state index in [1.54, 1.807) is 13.0 Å². The van der Waals surface area contributed by atoms with E-state index in [0.29, 0.717) is 6.42 Å². The van der Waals surface area contributed by atoms with E-state index in [9.17, 15) is 18.0 Å². The molecule has 2 rings (SSSR count). The second-order valence-electron chi connectivity index (χ2n) is 8.16. The summed E-state index contributed by atoms with van der Waals surface area (Å²) in [7, 11) is -3.88. The van der Waals surface area contributed by atoms with Gasteiger partial charge in [0, 0.05) is 12.6 Å². The fourth-order valence-electron chi connectivity index (χ4n) is 3.32. The number of hydrogen-bond donors (Lipinski definition) is 1. The number of halogens is 2. The van der Waals surface area contributed by atoms with Crippen molar-refractivity contribution < 1.29 is 18.0 Å². The van der Waals surface area contributed by atoms with Crippen molar-refractivity contribution in [3.63, 3.8) is 0 Å². The summed E-state index contributed by atoms with van der Waals surface area (Å²) in [5, 5.41) is 3.09. The maximum absolute atomic E-state index is 13.5. The van der Waals surface area contributed by atoms with E-state index in [0.717, 1.165) is 22.5 Å². The number of carbonyl (C=O) groups is 2. The highest BCUT2D eigenvalue weighted by Crippen LogP contribution is 2.33. The van der Waals surface area contributed by atoms with Crippen LogP contribution < -0.4 is 9.62 Å². The van der Waals surface area contributed by atoms with Crippen molar-refractivity contribution in [2.24, 2.45) is 0 Å². The third kappa shape index (κ3) is 7.61. The van der Waals surface area contributed by atoms with Gasteiger partial charge in [0.2, 0.25) is 21.8 Å². The first kappa shape index (κ1) is 28.0. The van der Waals surface area contributed by atoms with Crippen LogP contribution in [0.25, 0.3) is 0 Å². The molecule has 2 aromatic rings. The van der Waals surface area contributed by atoms with E-state index < -0.39 is 28.5 Å². The van der Waals surface area contributed by atoms with Crippen LogP contribution in [0.1, 0.15) is 32.8 Å². The Bertz CT molecular complexity index is 1100. The molecule has 2 amide bonds. The van der Waals surface area contributed by atoms with Gasteiger partial charge in [-0.2, -0.15) is 0 Å². The topological polar surface area (TPSA) is 86.8 Å². The summed E-state index contributed by atoms with van der Waals surface area (Å²) < 4.78 is 26.1. The van der Waals surface area contributed by atoms with E-state index in [4.69, 9.17) is 23.2 Å². The SMILES string of the molecule is CC[C@@H](C)NC(=O)[C@H](C)N(CCc1ccccc1)C(=O)CN(c1cccc(Cl)c1Cl)S(C)(=O)=O. The third-order valence-corrected chi connectivity index (χ3v) is 7.47. The van der Waals surface area contributed by atoms with Crippen molar-refractivity contribution >= 4 is 50.7 Å². The molecule has 0 aromatic heterocycles. The first-order valence-electron chi connectivity index (χ1n) is 11.0. The molecule has 186 valence electrons. The van der Waals surface area contributed by atoms with Gasteiger partial charge >= 0.3 is 0 Å². The van der Waals surface area contributed by atoms with Crippen LogP contribution >= 0.6 is 23.2 Å². The van der Waals surface area contributed by atoms with E-state index in [2.05, 4.69) is 5.32 Å². The van der Waals surface area contributed by atoms with Crippen LogP contribution in [0.2, 0.25) is 10.0 Å². The minimum absolute atomic E-state index is 0.0285. The molecule has 0 saturated heterocycles. The molecule has 0 heterocycles. The summed E-state index contributed by atoms with van der Waals surface area (Å²) in [6, 6.07) is 13.3. The molecule has 0 bridgehead atoms. The predicted octanol–water partition coefficient (Wildman–Crippen LogP) is 4.13. The number of carbonyl (C=O) groups excluding carboxylic acids is 2.